The van der Waals surface area contributed by atoms with Crippen LogP contribution in [0.5, 0.6) is 0 Å². The minimum Gasteiger partial charge on any atom is -0.481 e. The summed E-state index contributed by atoms with van der Waals surface area (Å²) in [6.07, 6.45) is 0.952. The molecule has 11 atom stereocenters. The van der Waals surface area contributed by atoms with Gasteiger partial charge in [0.15, 0.2) is 0 Å². The fourth-order valence-electron chi connectivity index (χ4n) is 7.96. The van der Waals surface area contributed by atoms with Crippen LogP contribution in [0.3, 0.4) is 0 Å². The van der Waals surface area contributed by atoms with Crippen LogP contribution in [0.4, 0.5) is 0 Å². The van der Waals surface area contributed by atoms with Gasteiger partial charge in [0.05, 0.1) is 26.1 Å². The van der Waals surface area contributed by atoms with E-state index < -0.39 is 195 Å². The number of carbonyl (C=O) groups is 13. The van der Waals surface area contributed by atoms with E-state index in [2.05, 4.69) is 63.1 Å². The number of aromatic amines is 1. The van der Waals surface area contributed by atoms with Gasteiger partial charge < -0.3 is 100 Å². The third-order valence-corrected chi connectivity index (χ3v) is 13.0. The molecule has 0 aliphatic carbocycles. The van der Waals surface area contributed by atoms with Crippen molar-refractivity contribution in [2.24, 2.45) is 29.2 Å². The van der Waals surface area contributed by atoms with Gasteiger partial charge in [-0.3, -0.25) is 57.5 Å². The Morgan fingerprint density at radius 1 is 0.488 bits per heavy atom. The molecular weight excluding hydrogens is 1110 g/mol. The Balaban J connectivity index is 3.36. The average molecular weight is 1200 g/mol. The molecule has 1 aromatic rings. The van der Waals surface area contributed by atoms with Crippen LogP contribution in [0.2, 0.25) is 0 Å². The van der Waals surface area contributed by atoms with Crippen molar-refractivity contribution in [3.8, 4) is 0 Å². The molecule has 0 bridgehead atoms. The van der Waals surface area contributed by atoms with Crippen molar-refractivity contribution in [2.75, 3.05) is 32.9 Å². The van der Waals surface area contributed by atoms with Crippen LogP contribution in [0, 0.1) is 17.8 Å². The van der Waals surface area contributed by atoms with Gasteiger partial charge >= 0.3 is 17.9 Å². The van der Waals surface area contributed by atoms with Crippen LogP contribution in [-0.2, 0) is 68.7 Å². The number of hydrogen-bond donors (Lipinski definition) is 19. The molecular formula is C51H86N14O19. The summed E-state index contributed by atoms with van der Waals surface area (Å²) in [5.41, 5.74) is 11.7. The molecule has 0 unspecified atom stereocenters. The van der Waals surface area contributed by atoms with E-state index in [1.165, 1.54) is 33.3 Å². The smallest absolute Gasteiger partial charge is 0.326 e. The Labute approximate surface area is 484 Å². The van der Waals surface area contributed by atoms with Gasteiger partial charge in [-0.05, 0) is 62.8 Å². The van der Waals surface area contributed by atoms with E-state index in [-0.39, 0.29) is 51.1 Å². The fraction of sp³-hybridized carbons (Fsp3) is 0.686. The van der Waals surface area contributed by atoms with Crippen LogP contribution < -0.4 is 64.6 Å². The Bertz CT molecular complexity index is 2360. The molecule has 0 saturated carbocycles. The maximum absolute atomic E-state index is 14.0. The summed E-state index contributed by atoms with van der Waals surface area (Å²) in [4.78, 5) is 177. The van der Waals surface area contributed by atoms with Gasteiger partial charge in [0.1, 0.15) is 60.4 Å². The number of rotatable bonds is 42. The molecule has 33 heteroatoms. The van der Waals surface area contributed by atoms with Gasteiger partial charge in [0, 0.05) is 44.1 Å². The molecule has 1 aromatic heterocycles. The van der Waals surface area contributed by atoms with E-state index in [9.17, 15) is 93.0 Å². The number of imidazole rings is 1. The fourth-order valence-corrected chi connectivity index (χ4v) is 7.96. The highest BCUT2D eigenvalue weighted by atomic mass is 16.4. The number of H-pyrrole nitrogens is 1. The first-order valence-corrected chi connectivity index (χ1v) is 27.5. The zero-order chi connectivity index (χ0) is 63.8. The summed E-state index contributed by atoms with van der Waals surface area (Å²) in [5, 5.41) is 82.5. The monoisotopic (exact) mass is 1200 g/mol. The van der Waals surface area contributed by atoms with E-state index in [4.69, 9.17) is 11.5 Å². The Morgan fingerprint density at radius 2 is 0.893 bits per heavy atom. The molecule has 0 fully saturated rings. The van der Waals surface area contributed by atoms with Gasteiger partial charge in [-0.15, -0.1) is 0 Å². The molecule has 474 valence electrons. The summed E-state index contributed by atoms with van der Waals surface area (Å²) in [6.45, 7) is 6.31. The SMILES string of the molecule is CC[C@H](C)[C@H](NC(=O)[C@H](CO)NC(=O)[C@H](CO)NC(=O)[C@H](CC(C)C)NC(=O)[C@H](CCCCN)NC(=O)[C@H](Cc1cnc[nH]1)NC(=O)CCN)C(=O)N[C@@H](CCC(=O)O)C(=O)N[C@@H](CO)C(=O)N[C@@H](CCC(=O)O)C(=O)N[C@H](C(=O)O)C(C)C. The van der Waals surface area contributed by atoms with Crippen molar-refractivity contribution in [1.29, 1.82) is 0 Å². The first-order chi connectivity index (χ1) is 39.6. The van der Waals surface area contributed by atoms with Crippen LogP contribution in [0.1, 0.15) is 111 Å². The number of amides is 10. The van der Waals surface area contributed by atoms with Crippen LogP contribution in [0.25, 0.3) is 0 Å². The molecule has 0 aliphatic rings. The second-order valence-corrected chi connectivity index (χ2v) is 20.6. The molecule has 1 heterocycles. The van der Waals surface area contributed by atoms with Crippen molar-refractivity contribution in [1.82, 2.24) is 63.1 Å². The number of hydrogen-bond acceptors (Lipinski definition) is 19. The highest BCUT2D eigenvalue weighted by molar-refractivity contribution is 5.99. The van der Waals surface area contributed by atoms with Crippen molar-refractivity contribution in [3.63, 3.8) is 0 Å². The van der Waals surface area contributed by atoms with Crippen LogP contribution in [-0.4, -0.2) is 211 Å². The number of aliphatic hydroxyl groups excluding tert-OH is 3. The highest BCUT2D eigenvalue weighted by Gasteiger charge is 2.37. The number of nitrogens with one attached hydrogen (secondary N) is 11. The summed E-state index contributed by atoms with van der Waals surface area (Å²) >= 11 is 0. The van der Waals surface area contributed by atoms with E-state index in [0.29, 0.717) is 18.5 Å². The lowest BCUT2D eigenvalue weighted by Gasteiger charge is -2.29. The third-order valence-electron chi connectivity index (χ3n) is 13.0. The second-order valence-electron chi connectivity index (χ2n) is 20.6. The number of carbonyl (C=O) groups excluding carboxylic acids is 10. The van der Waals surface area contributed by atoms with Crippen LogP contribution in [0.15, 0.2) is 12.5 Å². The Hall–Kier alpha value is -7.88. The van der Waals surface area contributed by atoms with Gasteiger partial charge in [0.2, 0.25) is 59.1 Å². The Morgan fingerprint density at radius 3 is 1.30 bits per heavy atom. The molecule has 0 radical (unpaired) electrons. The molecule has 21 N–H and O–H groups in total. The van der Waals surface area contributed by atoms with E-state index in [1.807, 2.05) is 0 Å². The normalized spacial score (nSPS) is 15.1. The predicted octanol–water partition coefficient (Wildman–Crippen LogP) is -6.18. The molecule has 0 saturated heterocycles. The largest absolute Gasteiger partial charge is 0.481 e. The number of aromatic nitrogens is 2. The van der Waals surface area contributed by atoms with E-state index >= 15 is 0 Å². The van der Waals surface area contributed by atoms with E-state index in [1.54, 1.807) is 20.8 Å². The highest BCUT2D eigenvalue weighted by Crippen LogP contribution is 2.13. The first-order valence-electron chi connectivity index (χ1n) is 27.5. The van der Waals surface area contributed by atoms with Gasteiger partial charge in [-0.1, -0.05) is 48.0 Å². The van der Waals surface area contributed by atoms with Gasteiger partial charge in [-0.25, -0.2) is 9.78 Å². The lowest BCUT2D eigenvalue weighted by molar-refractivity contribution is -0.144. The molecule has 0 aliphatic heterocycles. The summed E-state index contributed by atoms with van der Waals surface area (Å²) in [7, 11) is 0. The number of carboxylic acid groups (broad SMARTS) is 3. The maximum Gasteiger partial charge on any atom is 0.326 e. The second kappa shape index (κ2) is 38.8. The van der Waals surface area contributed by atoms with Crippen molar-refractivity contribution < 1.29 is 93.0 Å². The number of aliphatic carboxylic acids is 3. The zero-order valence-electron chi connectivity index (χ0n) is 48.1. The lowest BCUT2D eigenvalue weighted by atomic mass is 9.97. The quantitative estimate of drug-likeness (QED) is 0.0271. The summed E-state index contributed by atoms with van der Waals surface area (Å²) < 4.78 is 0. The lowest BCUT2D eigenvalue weighted by Crippen LogP contribution is -2.62. The topological polar surface area (TPSA) is 544 Å². The zero-order valence-corrected chi connectivity index (χ0v) is 48.1. The molecule has 33 nitrogen and oxygen atoms in total. The molecule has 10 amide bonds. The summed E-state index contributed by atoms with van der Waals surface area (Å²) in [6, 6.07) is -16.1. The molecule has 0 aromatic carbocycles. The van der Waals surface area contributed by atoms with Gasteiger partial charge in [0.25, 0.3) is 0 Å². The number of nitrogens with two attached hydrogens (primary N) is 2. The number of aliphatic hydroxyl groups is 3. The number of carboxylic acids is 3. The van der Waals surface area contributed by atoms with Crippen molar-refractivity contribution >= 4 is 77.0 Å². The standard InChI is InChI=1S/C51H86N14O19/c1-7-27(6)41(50(82)59-30(11-13-38(70)71)43(75)61-34(21-66)47(79)58-31(12-14-39(72)73)44(76)64-40(26(4)5)51(83)84)65-49(81)36(23-68)63-48(80)35(22-67)62-45(77)32(18-25(2)3)60-42(74)29(10-8-9-16-52)57-46(78)33(56-37(69)15-17-53)19-28-20-54-24-55-28/h20,24-27,29-36,40-41,66-68H,7-19,21-23,52-53H2,1-6H3,(H,54,55)(H,56,69)(H,57,78)(H,58,79)(H,59,82)(H,60,74)(H,61,75)(H,62,77)(H,63,80)(H,64,76)(H,65,81)(H,70,71)(H,72,73)(H,83,84)/t27-,29-,30-,31-,32-,33-,34-,35-,36-,40-,41-/m0/s1. The minimum atomic E-state index is -1.93. The van der Waals surface area contributed by atoms with Crippen LogP contribution >= 0.6 is 0 Å². The van der Waals surface area contributed by atoms with E-state index in [0.717, 1.165) is 0 Å². The maximum atomic E-state index is 14.0. The summed E-state index contributed by atoms with van der Waals surface area (Å²) in [5.74, 6) is -16.3. The average Bonchev–Trinajstić information content (AvgIpc) is 4.08. The minimum absolute atomic E-state index is 0.00558. The van der Waals surface area contributed by atoms with Gasteiger partial charge in [-0.2, -0.15) is 0 Å². The number of unbranched alkanes of at least 4 members (excludes halogenated alkanes) is 1. The third kappa shape index (κ3) is 27.0. The predicted molar refractivity (Wildman–Crippen MR) is 295 cm³/mol. The Kier molecular flexibility index (Phi) is 34.3. The number of nitrogens with zero attached hydrogens (tertiary/aromatic N) is 1. The van der Waals surface area contributed by atoms with Crippen molar-refractivity contribution in [2.45, 2.75) is 173 Å². The molecule has 84 heavy (non-hydrogen) atoms. The molecule has 1 rings (SSSR count). The molecule has 0 spiro atoms. The van der Waals surface area contributed by atoms with Crippen molar-refractivity contribution in [3.05, 3.63) is 18.2 Å². The first kappa shape index (κ1) is 74.1.